The Balaban J connectivity index is 1.45. The molecule has 1 unspecified atom stereocenters. The van der Waals surface area contributed by atoms with Gasteiger partial charge in [0, 0.05) is 17.3 Å². The Morgan fingerprint density at radius 2 is 1.97 bits per heavy atom. The van der Waals surface area contributed by atoms with Crippen molar-refractivity contribution in [2.75, 3.05) is 10.6 Å². The SMILES string of the molecule is [2H]C(Nc1cc(Cl)c2ncc(C#N)c(N[C@H]3CCCC[C@@H]3O)c2c1)(c1ccc(F)cc1)c1cn(C2CC2)nn1. The van der Waals surface area contributed by atoms with Crippen LogP contribution in [0, 0.1) is 17.1 Å². The molecule has 3 atom stereocenters. The molecule has 8 nitrogen and oxygen atoms in total. The summed E-state index contributed by atoms with van der Waals surface area (Å²) in [5.74, 6) is -0.410. The van der Waals surface area contributed by atoms with Crippen molar-refractivity contribution in [3.63, 3.8) is 0 Å². The van der Waals surface area contributed by atoms with Crippen molar-refractivity contribution in [3.05, 3.63) is 76.5 Å². The molecule has 2 aliphatic carbocycles. The van der Waals surface area contributed by atoms with Crippen LogP contribution in [0.15, 0.2) is 48.8 Å². The zero-order chi connectivity index (χ0) is 27.1. The van der Waals surface area contributed by atoms with E-state index in [4.69, 9.17) is 11.6 Å². The number of nitrogens with one attached hydrogen (secondary N) is 2. The average Bonchev–Trinajstić information content (AvgIpc) is 3.66. The second-order valence-corrected chi connectivity index (χ2v) is 10.3. The highest BCUT2D eigenvalue weighted by Gasteiger charge is 2.28. The molecule has 194 valence electrons. The normalized spacial score (nSPS) is 21.4. The molecule has 2 saturated carbocycles. The first-order valence-electron chi connectivity index (χ1n) is 13.3. The maximum Gasteiger partial charge on any atom is 0.123 e. The number of hydrogen-bond acceptors (Lipinski definition) is 7. The van der Waals surface area contributed by atoms with E-state index in [0.717, 1.165) is 32.1 Å². The lowest BCUT2D eigenvalue weighted by Gasteiger charge is -2.30. The first kappa shape index (κ1) is 23.4. The summed E-state index contributed by atoms with van der Waals surface area (Å²) in [7, 11) is 0. The summed E-state index contributed by atoms with van der Waals surface area (Å²) in [4.78, 5) is 4.42. The predicted molar refractivity (Wildman–Crippen MR) is 144 cm³/mol. The van der Waals surface area contributed by atoms with Gasteiger partial charge in [-0.05, 0) is 55.5 Å². The van der Waals surface area contributed by atoms with Gasteiger partial charge in [0.2, 0.25) is 0 Å². The maximum atomic E-state index is 13.8. The monoisotopic (exact) mass is 532 g/mol. The molecule has 0 aliphatic heterocycles. The standard InChI is InChI=1S/C28H27ClFN7O/c29-22-12-19(11-21-26(17(13-31)14-32-28(21)22)34-23-3-1-2-4-25(23)38)33-27(16-5-7-18(30)8-6-16)24-15-37(36-35-24)20-9-10-20/h5-8,11-12,14-15,20,23,25,27,33,38H,1-4,9-10H2,(H,32,34)/t23-,25-,27?/m0/s1/i27D. The van der Waals surface area contributed by atoms with Crippen LogP contribution >= 0.6 is 11.6 Å². The number of fused-ring (bicyclic) bond motifs is 1. The molecular formula is C28H27ClFN7O. The van der Waals surface area contributed by atoms with E-state index in [9.17, 15) is 16.1 Å². The molecule has 2 heterocycles. The number of halogens is 2. The van der Waals surface area contributed by atoms with Crippen LogP contribution in [0.3, 0.4) is 0 Å². The zero-order valence-electron chi connectivity index (χ0n) is 21.5. The second kappa shape index (κ2) is 10.2. The van der Waals surface area contributed by atoms with E-state index in [1.807, 2.05) is 0 Å². The van der Waals surface area contributed by atoms with Crippen LogP contribution in [0.1, 0.15) is 68.8 Å². The highest BCUT2D eigenvalue weighted by molar-refractivity contribution is 6.35. The number of rotatable bonds is 7. The zero-order valence-corrected chi connectivity index (χ0v) is 21.3. The molecule has 0 saturated heterocycles. The minimum atomic E-state index is -1.62. The lowest BCUT2D eigenvalue weighted by atomic mass is 9.92. The van der Waals surface area contributed by atoms with Crippen LogP contribution in [-0.4, -0.2) is 37.2 Å². The van der Waals surface area contributed by atoms with E-state index >= 15 is 0 Å². The van der Waals surface area contributed by atoms with Gasteiger partial charge in [0.15, 0.2) is 0 Å². The van der Waals surface area contributed by atoms with Gasteiger partial charge in [-0.2, -0.15) is 5.26 Å². The molecule has 2 aliphatic rings. The average molecular weight is 533 g/mol. The molecular weight excluding hydrogens is 505 g/mol. The number of aromatic nitrogens is 4. The predicted octanol–water partition coefficient (Wildman–Crippen LogP) is 5.74. The van der Waals surface area contributed by atoms with Crippen LogP contribution < -0.4 is 10.6 Å². The van der Waals surface area contributed by atoms with Crippen LogP contribution in [0.4, 0.5) is 15.8 Å². The van der Waals surface area contributed by atoms with Crippen molar-refractivity contribution >= 4 is 33.9 Å². The number of anilines is 2. The smallest absolute Gasteiger partial charge is 0.123 e. The van der Waals surface area contributed by atoms with Gasteiger partial charge in [-0.25, -0.2) is 9.07 Å². The van der Waals surface area contributed by atoms with Crippen molar-refractivity contribution in [2.24, 2.45) is 0 Å². The molecule has 6 rings (SSSR count). The number of nitrogens with zero attached hydrogens (tertiary/aromatic N) is 5. The number of benzene rings is 2. The van der Waals surface area contributed by atoms with Crippen LogP contribution in [-0.2, 0) is 0 Å². The largest absolute Gasteiger partial charge is 0.391 e. The Labute approximate surface area is 225 Å². The molecule has 0 spiro atoms. The number of aliphatic hydroxyl groups excluding tert-OH is 1. The summed E-state index contributed by atoms with van der Waals surface area (Å²) in [6.07, 6.45) is 8.12. The van der Waals surface area contributed by atoms with Gasteiger partial charge < -0.3 is 15.7 Å². The molecule has 2 fully saturated rings. The summed E-state index contributed by atoms with van der Waals surface area (Å²) < 4.78 is 25.1. The van der Waals surface area contributed by atoms with Gasteiger partial charge in [-0.3, -0.25) is 4.98 Å². The van der Waals surface area contributed by atoms with Crippen LogP contribution in [0.25, 0.3) is 10.9 Å². The molecule has 2 aromatic heterocycles. The fourth-order valence-electron chi connectivity index (χ4n) is 4.99. The number of aliphatic hydroxyl groups is 1. The van der Waals surface area contributed by atoms with E-state index in [2.05, 4.69) is 32.0 Å². The Hall–Kier alpha value is -3.74. The quantitative estimate of drug-likeness (QED) is 0.278. The molecule has 0 radical (unpaired) electrons. The van der Waals surface area contributed by atoms with Gasteiger partial charge in [-0.1, -0.05) is 41.8 Å². The summed E-state index contributed by atoms with van der Waals surface area (Å²) in [5, 5.41) is 36.5. The van der Waals surface area contributed by atoms with Gasteiger partial charge in [0.25, 0.3) is 0 Å². The molecule has 0 amide bonds. The van der Waals surface area contributed by atoms with Gasteiger partial charge in [0.05, 0.1) is 53.6 Å². The number of hydrogen-bond donors (Lipinski definition) is 3. The van der Waals surface area contributed by atoms with E-state index in [0.29, 0.717) is 50.5 Å². The van der Waals surface area contributed by atoms with Gasteiger partial charge in [0.1, 0.15) is 17.6 Å². The Kier molecular flexibility index (Phi) is 6.27. The molecule has 0 bridgehead atoms. The fraction of sp³-hybridized carbons (Fsp3) is 0.357. The summed E-state index contributed by atoms with van der Waals surface area (Å²) in [6.45, 7) is 0. The maximum absolute atomic E-state index is 13.8. The highest BCUT2D eigenvalue weighted by atomic mass is 35.5. The van der Waals surface area contributed by atoms with Gasteiger partial charge in [-0.15, -0.1) is 5.10 Å². The lowest BCUT2D eigenvalue weighted by Crippen LogP contribution is -2.36. The first-order chi connectivity index (χ1) is 18.9. The van der Waals surface area contributed by atoms with E-state index in [-0.39, 0.29) is 12.1 Å². The minimum absolute atomic E-state index is 0.209. The Morgan fingerprint density at radius 1 is 1.18 bits per heavy atom. The van der Waals surface area contributed by atoms with Crippen molar-refractivity contribution in [3.8, 4) is 6.07 Å². The molecule has 10 heteroatoms. The van der Waals surface area contributed by atoms with Crippen LogP contribution in [0.2, 0.25) is 5.02 Å². The van der Waals surface area contributed by atoms with Crippen molar-refractivity contribution in [2.45, 2.75) is 62.7 Å². The second-order valence-electron chi connectivity index (χ2n) is 9.94. The number of nitriles is 1. The van der Waals surface area contributed by atoms with Crippen molar-refractivity contribution in [1.82, 2.24) is 20.0 Å². The molecule has 38 heavy (non-hydrogen) atoms. The highest BCUT2D eigenvalue weighted by Crippen LogP contribution is 2.38. The minimum Gasteiger partial charge on any atom is -0.391 e. The molecule has 4 aromatic rings. The van der Waals surface area contributed by atoms with Crippen molar-refractivity contribution in [1.29, 1.82) is 5.26 Å². The Morgan fingerprint density at radius 3 is 2.71 bits per heavy atom. The summed E-state index contributed by atoms with van der Waals surface area (Å²) in [5.41, 5.74) is 2.66. The first-order valence-corrected chi connectivity index (χ1v) is 13.2. The Bertz CT molecular complexity index is 1570. The topological polar surface area (TPSA) is 112 Å². The number of pyridine rings is 1. The third kappa shape index (κ3) is 4.89. The van der Waals surface area contributed by atoms with Gasteiger partial charge >= 0.3 is 0 Å². The van der Waals surface area contributed by atoms with E-state index in [1.54, 1.807) is 35.1 Å². The van der Waals surface area contributed by atoms with E-state index < -0.39 is 17.9 Å². The summed E-state index contributed by atoms with van der Waals surface area (Å²) in [6, 6.07) is 9.78. The van der Waals surface area contributed by atoms with E-state index in [1.165, 1.54) is 18.3 Å². The third-order valence-electron chi connectivity index (χ3n) is 7.19. The van der Waals surface area contributed by atoms with Crippen molar-refractivity contribution < 1.29 is 10.9 Å². The third-order valence-corrected chi connectivity index (χ3v) is 7.48. The lowest BCUT2D eigenvalue weighted by molar-refractivity contribution is 0.116. The molecule has 3 N–H and O–H groups in total. The summed E-state index contributed by atoms with van der Waals surface area (Å²) >= 11 is 6.69. The fourth-order valence-corrected chi connectivity index (χ4v) is 5.26. The molecule has 2 aromatic carbocycles. The van der Waals surface area contributed by atoms with Crippen LogP contribution in [0.5, 0.6) is 0 Å².